The molecule has 0 unspecified atom stereocenters. The number of nitrogens with two attached hydrogens (primary N) is 1. The van der Waals surface area contributed by atoms with Crippen molar-refractivity contribution in [1.29, 1.82) is 5.26 Å². The van der Waals surface area contributed by atoms with Crippen molar-refractivity contribution in [3.63, 3.8) is 0 Å². The van der Waals surface area contributed by atoms with Crippen LogP contribution in [0.4, 0.5) is 0 Å². The van der Waals surface area contributed by atoms with E-state index in [9.17, 15) is 4.79 Å². The van der Waals surface area contributed by atoms with E-state index in [-0.39, 0.29) is 0 Å². The lowest BCUT2D eigenvalue weighted by Gasteiger charge is -1.98. The number of carbonyl (C=O) groups excluding carboxylic acids is 1. The van der Waals surface area contributed by atoms with Crippen LogP contribution in [0.15, 0.2) is 48.5 Å². The Morgan fingerprint density at radius 1 is 1.05 bits per heavy atom. The van der Waals surface area contributed by atoms with Crippen LogP contribution in [0.2, 0.25) is 0 Å². The van der Waals surface area contributed by atoms with Crippen molar-refractivity contribution in [2.45, 2.75) is 0 Å². The van der Waals surface area contributed by atoms with Crippen LogP contribution in [0.1, 0.15) is 27.0 Å². The summed E-state index contributed by atoms with van der Waals surface area (Å²) >= 11 is 0. The fraction of sp³-hybridized carbons (Fsp3) is 0. The lowest BCUT2D eigenvalue weighted by atomic mass is 10.1. The van der Waals surface area contributed by atoms with Gasteiger partial charge in [0, 0.05) is 5.56 Å². The van der Waals surface area contributed by atoms with Gasteiger partial charge in [0.2, 0.25) is 5.91 Å². The molecule has 0 bridgehead atoms. The number of primary amides is 1. The number of amides is 1. The smallest absolute Gasteiger partial charge is 0.248 e. The van der Waals surface area contributed by atoms with Crippen LogP contribution in [-0.2, 0) is 0 Å². The van der Waals surface area contributed by atoms with E-state index < -0.39 is 5.91 Å². The van der Waals surface area contributed by atoms with Crippen molar-refractivity contribution in [1.82, 2.24) is 0 Å². The molecule has 0 aliphatic carbocycles. The summed E-state index contributed by atoms with van der Waals surface area (Å²) in [4.78, 5) is 11.1. The molecule has 3 heteroatoms. The molecule has 0 aromatic heterocycles. The third-order valence-corrected chi connectivity index (χ3v) is 2.68. The predicted molar refractivity (Wildman–Crippen MR) is 75.0 cm³/mol. The standard InChI is InChI=1S/C16H12N2O/c17-11-14-8-5-12(6-9-14)4-7-13-2-1-3-15(10-13)16(18)19/h1-10H,(H2,18,19)/b7-4+. The van der Waals surface area contributed by atoms with Gasteiger partial charge in [-0.3, -0.25) is 4.79 Å². The normalized spacial score (nSPS) is 10.3. The number of nitriles is 1. The molecule has 0 spiro atoms. The van der Waals surface area contributed by atoms with Crippen molar-refractivity contribution in [2.24, 2.45) is 5.73 Å². The maximum Gasteiger partial charge on any atom is 0.248 e. The first-order valence-corrected chi connectivity index (χ1v) is 5.77. The summed E-state index contributed by atoms with van der Waals surface area (Å²) in [6.07, 6.45) is 3.81. The van der Waals surface area contributed by atoms with Crippen LogP contribution in [-0.4, -0.2) is 5.91 Å². The van der Waals surface area contributed by atoms with E-state index in [1.165, 1.54) is 0 Å². The summed E-state index contributed by atoms with van der Waals surface area (Å²) in [6.45, 7) is 0. The summed E-state index contributed by atoms with van der Waals surface area (Å²) in [6, 6.07) is 16.4. The number of hydrogen-bond donors (Lipinski definition) is 1. The van der Waals surface area contributed by atoms with Crippen molar-refractivity contribution >= 4 is 18.1 Å². The van der Waals surface area contributed by atoms with E-state index in [1.807, 2.05) is 30.4 Å². The summed E-state index contributed by atoms with van der Waals surface area (Å²) in [5, 5.41) is 8.71. The van der Waals surface area contributed by atoms with Gasteiger partial charge < -0.3 is 5.73 Å². The number of nitrogens with zero attached hydrogens (tertiary/aromatic N) is 1. The Hall–Kier alpha value is -2.86. The monoisotopic (exact) mass is 248 g/mol. The van der Waals surface area contributed by atoms with Crippen LogP contribution >= 0.6 is 0 Å². The average Bonchev–Trinajstić information content (AvgIpc) is 2.46. The van der Waals surface area contributed by atoms with E-state index >= 15 is 0 Å². The van der Waals surface area contributed by atoms with Gasteiger partial charge in [0.15, 0.2) is 0 Å². The summed E-state index contributed by atoms with van der Waals surface area (Å²) in [5.41, 5.74) is 8.24. The molecule has 0 saturated heterocycles. The minimum absolute atomic E-state index is 0.436. The molecular formula is C16H12N2O. The highest BCUT2D eigenvalue weighted by molar-refractivity contribution is 5.93. The molecule has 0 radical (unpaired) electrons. The molecule has 92 valence electrons. The molecule has 0 aliphatic rings. The molecule has 0 saturated carbocycles. The Balaban J connectivity index is 2.20. The van der Waals surface area contributed by atoms with Gasteiger partial charge in [-0.2, -0.15) is 5.26 Å². The van der Waals surface area contributed by atoms with Crippen LogP contribution in [0.5, 0.6) is 0 Å². The third-order valence-electron chi connectivity index (χ3n) is 2.68. The maximum absolute atomic E-state index is 11.1. The second-order valence-corrected chi connectivity index (χ2v) is 4.06. The molecule has 2 aromatic rings. The molecule has 19 heavy (non-hydrogen) atoms. The lowest BCUT2D eigenvalue weighted by Crippen LogP contribution is -2.10. The van der Waals surface area contributed by atoms with E-state index in [0.29, 0.717) is 11.1 Å². The van der Waals surface area contributed by atoms with Gasteiger partial charge in [0.05, 0.1) is 11.6 Å². The topological polar surface area (TPSA) is 66.9 Å². The first-order valence-electron chi connectivity index (χ1n) is 5.77. The SMILES string of the molecule is N#Cc1ccc(/C=C/c2cccc(C(N)=O)c2)cc1. The molecule has 1 amide bonds. The largest absolute Gasteiger partial charge is 0.366 e. The van der Waals surface area contributed by atoms with Crippen LogP contribution in [0, 0.1) is 11.3 Å². The first kappa shape index (κ1) is 12.6. The molecule has 3 nitrogen and oxygen atoms in total. The minimum atomic E-state index is -0.436. The number of carbonyl (C=O) groups is 1. The Bertz CT molecular complexity index is 664. The van der Waals surface area contributed by atoms with Crippen molar-refractivity contribution in [2.75, 3.05) is 0 Å². The second kappa shape index (κ2) is 5.65. The fourth-order valence-corrected chi connectivity index (χ4v) is 1.66. The first-order chi connectivity index (χ1) is 9.19. The van der Waals surface area contributed by atoms with Crippen molar-refractivity contribution in [3.8, 4) is 6.07 Å². The summed E-state index contributed by atoms with van der Waals surface area (Å²) in [5.74, 6) is -0.436. The minimum Gasteiger partial charge on any atom is -0.366 e. The number of hydrogen-bond acceptors (Lipinski definition) is 2. The van der Waals surface area contributed by atoms with E-state index in [4.69, 9.17) is 11.0 Å². The van der Waals surface area contributed by atoms with Gasteiger partial charge >= 0.3 is 0 Å². The molecule has 0 aliphatic heterocycles. The molecule has 2 N–H and O–H groups in total. The fourth-order valence-electron chi connectivity index (χ4n) is 1.66. The zero-order valence-corrected chi connectivity index (χ0v) is 10.2. The average molecular weight is 248 g/mol. The quantitative estimate of drug-likeness (QED) is 0.849. The van der Waals surface area contributed by atoms with E-state index in [1.54, 1.807) is 30.3 Å². The molecule has 0 atom stereocenters. The molecule has 2 aromatic carbocycles. The molecular weight excluding hydrogens is 236 g/mol. The van der Waals surface area contributed by atoms with Crippen molar-refractivity contribution < 1.29 is 4.79 Å². The highest BCUT2D eigenvalue weighted by Gasteiger charge is 1.99. The Morgan fingerprint density at radius 2 is 1.74 bits per heavy atom. The van der Waals surface area contributed by atoms with Crippen LogP contribution < -0.4 is 5.73 Å². The molecule has 2 rings (SSSR count). The number of benzene rings is 2. The Kier molecular flexibility index (Phi) is 3.75. The van der Waals surface area contributed by atoms with Gasteiger partial charge in [0.25, 0.3) is 0 Å². The maximum atomic E-state index is 11.1. The highest BCUT2D eigenvalue weighted by atomic mass is 16.1. The Morgan fingerprint density at radius 3 is 2.37 bits per heavy atom. The second-order valence-electron chi connectivity index (χ2n) is 4.06. The van der Waals surface area contributed by atoms with Gasteiger partial charge in [-0.25, -0.2) is 0 Å². The van der Waals surface area contributed by atoms with Crippen LogP contribution in [0.25, 0.3) is 12.2 Å². The van der Waals surface area contributed by atoms with E-state index in [2.05, 4.69) is 6.07 Å². The molecule has 0 fully saturated rings. The van der Waals surface area contributed by atoms with Crippen molar-refractivity contribution in [3.05, 3.63) is 70.8 Å². The van der Waals surface area contributed by atoms with Gasteiger partial charge in [-0.05, 0) is 35.4 Å². The third kappa shape index (κ3) is 3.30. The Labute approximate surface area is 111 Å². The summed E-state index contributed by atoms with van der Waals surface area (Å²) in [7, 11) is 0. The van der Waals surface area contributed by atoms with Gasteiger partial charge in [0.1, 0.15) is 0 Å². The summed E-state index contributed by atoms with van der Waals surface area (Å²) < 4.78 is 0. The van der Waals surface area contributed by atoms with Gasteiger partial charge in [-0.1, -0.05) is 36.4 Å². The lowest BCUT2D eigenvalue weighted by molar-refractivity contribution is 0.100. The predicted octanol–water partition coefficient (Wildman–Crippen LogP) is 2.83. The zero-order valence-electron chi connectivity index (χ0n) is 10.2. The molecule has 0 heterocycles. The number of rotatable bonds is 3. The van der Waals surface area contributed by atoms with E-state index in [0.717, 1.165) is 11.1 Å². The van der Waals surface area contributed by atoms with Gasteiger partial charge in [-0.15, -0.1) is 0 Å². The zero-order chi connectivity index (χ0) is 13.7. The van der Waals surface area contributed by atoms with Crippen LogP contribution in [0.3, 0.4) is 0 Å². The highest BCUT2D eigenvalue weighted by Crippen LogP contribution is 2.11.